The van der Waals surface area contributed by atoms with Crippen LogP contribution in [0.3, 0.4) is 0 Å². The quantitative estimate of drug-likeness (QED) is 0.847. The van der Waals surface area contributed by atoms with Crippen molar-refractivity contribution in [1.29, 1.82) is 0 Å². The van der Waals surface area contributed by atoms with Crippen LogP contribution in [0.4, 0.5) is 5.82 Å². The van der Waals surface area contributed by atoms with Gasteiger partial charge in [0.25, 0.3) is 0 Å². The molecular weight excluding hydrogens is 252 g/mol. The summed E-state index contributed by atoms with van der Waals surface area (Å²) in [5.41, 5.74) is 1.27. The van der Waals surface area contributed by atoms with Crippen LogP contribution < -0.4 is 4.90 Å². The molecule has 1 heterocycles. The molecule has 0 aliphatic heterocycles. The van der Waals surface area contributed by atoms with Crippen molar-refractivity contribution in [2.75, 3.05) is 18.0 Å². The number of carboxylic acid groups (broad SMARTS) is 1. The molecule has 2 rings (SSSR count). The summed E-state index contributed by atoms with van der Waals surface area (Å²) >= 11 is 0. The number of carbonyl (C=O) groups is 1. The summed E-state index contributed by atoms with van der Waals surface area (Å²) in [6, 6.07) is 7.46. The third-order valence-electron chi connectivity index (χ3n) is 3.15. The highest BCUT2D eigenvalue weighted by Gasteiger charge is 2.15. The Morgan fingerprint density at radius 2 is 2.00 bits per heavy atom. The maximum atomic E-state index is 11.3. The van der Waals surface area contributed by atoms with Crippen LogP contribution in [0.1, 0.15) is 24.2 Å². The molecule has 0 fully saturated rings. The third kappa shape index (κ3) is 2.64. The lowest BCUT2D eigenvalue weighted by Crippen LogP contribution is -2.25. The molecule has 1 aromatic carbocycles. The molecule has 0 atom stereocenters. The molecule has 2 aromatic rings. The van der Waals surface area contributed by atoms with Crippen LogP contribution in [0.5, 0.6) is 0 Å². The Morgan fingerprint density at radius 1 is 1.35 bits per heavy atom. The number of hydrogen-bond donors (Lipinski definition) is 1. The Labute approximate surface area is 118 Å². The number of fused-ring (bicyclic) bond motifs is 1. The number of aromatic carboxylic acids is 1. The summed E-state index contributed by atoms with van der Waals surface area (Å²) in [6.45, 7) is 9.44. The van der Waals surface area contributed by atoms with Crippen LogP contribution in [-0.4, -0.2) is 29.1 Å². The van der Waals surface area contributed by atoms with Gasteiger partial charge in [-0.1, -0.05) is 36.4 Å². The predicted octanol–water partition coefficient (Wildman–Crippen LogP) is 3.34. The Hall–Kier alpha value is -2.36. The molecule has 0 unspecified atom stereocenters. The zero-order valence-corrected chi connectivity index (χ0v) is 11.8. The Kier molecular flexibility index (Phi) is 4.03. The average Bonchev–Trinajstić information content (AvgIpc) is 2.43. The van der Waals surface area contributed by atoms with Crippen molar-refractivity contribution < 1.29 is 9.90 Å². The van der Waals surface area contributed by atoms with Crippen molar-refractivity contribution in [3.8, 4) is 0 Å². The van der Waals surface area contributed by atoms with Crippen molar-refractivity contribution >= 4 is 22.6 Å². The highest BCUT2D eigenvalue weighted by atomic mass is 16.4. The Balaban J connectivity index is 2.63. The van der Waals surface area contributed by atoms with E-state index >= 15 is 0 Å². The van der Waals surface area contributed by atoms with E-state index in [0.717, 1.165) is 23.3 Å². The number of hydrogen-bond acceptors (Lipinski definition) is 3. The molecule has 4 heteroatoms. The average molecular weight is 270 g/mol. The number of carboxylic acids is 1. The molecule has 0 amide bonds. The lowest BCUT2D eigenvalue weighted by atomic mass is 10.1. The van der Waals surface area contributed by atoms with Gasteiger partial charge in [-0.25, -0.2) is 9.78 Å². The van der Waals surface area contributed by atoms with E-state index in [0.29, 0.717) is 11.9 Å². The van der Waals surface area contributed by atoms with Crippen LogP contribution in [-0.2, 0) is 0 Å². The third-order valence-corrected chi connectivity index (χ3v) is 3.15. The molecule has 0 radical (unpaired) electrons. The van der Waals surface area contributed by atoms with Gasteiger partial charge in [-0.2, -0.15) is 0 Å². The second-order valence-corrected chi connectivity index (χ2v) is 4.82. The van der Waals surface area contributed by atoms with E-state index in [9.17, 15) is 9.90 Å². The van der Waals surface area contributed by atoms with Gasteiger partial charge in [0.15, 0.2) is 0 Å². The van der Waals surface area contributed by atoms with Gasteiger partial charge >= 0.3 is 5.97 Å². The molecule has 4 nitrogen and oxygen atoms in total. The number of benzene rings is 1. The first-order valence-corrected chi connectivity index (χ1v) is 6.55. The van der Waals surface area contributed by atoms with Gasteiger partial charge in [-0.05, 0) is 13.8 Å². The normalized spacial score (nSPS) is 10.5. The van der Waals surface area contributed by atoms with Crippen molar-refractivity contribution in [3.05, 3.63) is 48.2 Å². The van der Waals surface area contributed by atoms with E-state index in [2.05, 4.69) is 16.5 Å². The number of aromatic nitrogens is 1. The van der Waals surface area contributed by atoms with Gasteiger partial charge in [-0.3, -0.25) is 0 Å². The fraction of sp³-hybridized carbons (Fsp3) is 0.250. The zero-order valence-electron chi connectivity index (χ0n) is 11.8. The van der Waals surface area contributed by atoms with Crippen molar-refractivity contribution in [2.45, 2.75) is 13.8 Å². The van der Waals surface area contributed by atoms with E-state index in [1.807, 2.05) is 38.1 Å². The minimum Gasteiger partial charge on any atom is -0.478 e. The molecule has 0 aliphatic carbocycles. The van der Waals surface area contributed by atoms with E-state index in [4.69, 9.17) is 0 Å². The summed E-state index contributed by atoms with van der Waals surface area (Å²) in [6.07, 6.45) is 1.43. The molecule has 104 valence electrons. The number of likely N-dealkylation sites (N-methyl/N-ethyl adjacent to an activating group) is 1. The van der Waals surface area contributed by atoms with Crippen LogP contribution >= 0.6 is 0 Å². The first-order valence-electron chi connectivity index (χ1n) is 6.55. The number of anilines is 1. The number of rotatable bonds is 5. The van der Waals surface area contributed by atoms with E-state index in [1.54, 1.807) is 0 Å². The highest BCUT2D eigenvalue weighted by Crippen LogP contribution is 2.27. The molecular formula is C16H18N2O2. The largest absolute Gasteiger partial charge is 0.478 e. The predicted molar refractivity (Wildman–Crippen MR) is 81.4 cm³/mol. The molecule has 20 heavy (non-hydrogen) atoms. The van der Waals surface area contributed by atoms with E-state index in [1.165, 1.54) is 6.20 Å². The van der Waals surface area contributed by atoms with Crippen molar-refractivity contribution in [3.63, 3.8) is 0 Å². The smallest absolute Gasteiger partial charge is 0.337 e. The topological polar surface area (TPSA) is 53.4 Å². The Bertz CT molecular complexity index is 665. The van der Waals surface area contributed by atoms with E-state index in [-0.39, 0.29) is 5.56 Å². The zero-order chi connectivity index (χ0) is 14.7. The second-order valence-electron chi connectivity index (χ2n) is 4.82. The molecule has 1 N–H and O–H groups in total. The highest BCUT2D eigenvalue weighted by molar-refractivity contribution is 6.06. The molecule has 0 aliphatic rings. The minimum absolute atomic E-state index is 0.232. The first-order chi connectivity index (χ1) is 9.54. The van der Waals surface area contributed by atoms with Crippen molar-refractivity contribution in [1.82, 2.24) is 4.98 Å². The first kappa shape index (κ1) is 14.1. The van der Waals surface area contributed by atoms with Gasteiger partial charge < -0.3 is 10.0 Å². The van der Waals surface area contributed by atoms with Crippen LogP contribution in [0, 0.1) is 0 Å². The molecule has 0 saturated carbocycles. The Morgan fingerprint density at radius 3 is 2.55 bits per heavy atom. The van der Waals surface area contributed by atoms with Gasteiger partial charge in [0.1, 0.15) is 5.82 Å². The maximum Gasteiger partial charge on any atom is 0.337 e. The molecule has 0 spiro atoms. The fourth-order valence-corrected chi connectivity index (χ4v) is 2.26. The van der Waals surface area contributed by atoms with Gasteiger partial charge in [0.05, 0.1) is 5.56 Å². The van der Waals surface area contributed by atoms with Gasteiger partial charge in [-0.15, -0.1) is 0 Å². The summed E-state index contributed by atoms with van der Waals surface area (Å²) in [5.74, 6) is -0.153. The van der Waals surface area contributed by atoms with Crippen LogP contribution in [0.2, 0.25) is 0 Å². The van der Waals surface area contributed by atoms with E-state index < -0.39 is 5.97 Å². The summed E-state index contributed by atoms with van der Waals surface area (Å²) in [5, 5.41) is 10.8. The number of nitrogens with zero attached hydrogens (tertiary/aromatic N) is 2. The maximum absolute atomic E-state index is 11.3. The fourth-order valence-electron chi connectivity index (χ4n) is 2.26. The minimum atomic E-state index is -0.955. The second kappa shape index (κ2) is 5.74. The van der Waals surface area contributed by atoms with Gasteiger partial charge in [0, 0.05) is 30.1 Å². The molecule has 0 bridgehead atoms. The summed E-state index contributed by atoms with van der Waals surface area (Å²) in [4.78, 5) is 17.7. The van der Waals surface area contributed by atoms with Gasteiger partial charge in [0.2, 0.25) is 0 Å². The lowest BCUT2D eigenvalue weighted by Gasteiger charge is -2.23. The lowest BCUT2D eigenvalue weighted by molar-refractivity contribution is 0.0698. The summed E-state index contributed by atoms with van der Waals surface area (Å²) in [7, 11) is 0. The SMILES string of the molecule is C=C(C)CN(CC)c1ncc(C(=O)O)c2ccccc12. The monoisotopic (exact) mass is 270 g/mol. The molecule has 1 aromatic heterocycles. The van der Waals surface area contributed by atoms with Crippen molar-refractivity contribution in [2.24, 2.45) is 0 Å². The van der Waals surface area contributed by atoms with Crippen LogP contribution in [0.25, 0.3) is 10.8 Å². The standard InChI is InChI=1S/C16H18N2O2/c1-4-18(10-11(2)3)15-13-8-6-5-7-12(13)14(9-17-15)16(19)20/h5-9H,2,4,10H2,1,3H3,(H,19,20). The summed E-state index contributed by atoms with van der Waals surface area (Å²) < 4.78 is 0. The number of pyridine rings is 1. The molecule has 0 saturated heterocycles. The van der Waals surface area contributed by atoms with Crippen LogP contribution in [0.15, 0.2) is 42.6 Å².